The molecule has 1 atom stereocenters. The molecule has 0 N–H and O–H groups in total. The predicted octanol–water partition coefficient (Wildman–Crippen LogP) is 6.93. The average Bonchev–Trinajstić information content (AvgIpc) is 2.28. The standard InChI is InChI=1S/C18H38S/c1-9-12-17(6,13-10-2)15-16(4,5)18(7,19-8)14-11-3/h9-15H2,1-8H3. The van der Waals surface area contributed by atoms with E-state index in [-0.39, 0.29) is 0 Å². The van der Waals surface area contributed by atoms with E-state index in [1.807, 2.05) is 0 Å². The Kier molecular flexibility index (Phi) is 8.10. The van der Waals surface area contributed by atoms with Crippen molar-refractivity contribution in [3.8, 4) is 0 Å². The Labute approximate surface area is 127 Å². The number of rotatable bonds is 10. The molecule has 1 heteroatoms. The van der Waals surface area contributed by atoms with Crippen molar-refractivity contribution in [3.63, 3.8) is 0 Å². The molecule has 19 heavy (non-hydrogen) atoms. The van der Waals surface area contributed by atoms with Crippen LogP contribution in [-0.2, 0) is 0 Å². The predicted molar refractivity (Wildman–Crippen MR) is 93.1 cm³/mol. The van der Waals surface area contributed by atoms with E-state index in [9.17, 15) is 0 Å². The molecule has 116 valence electrons. The van der Waals surface area contributed by atoms with Gasteiger partial charge in [-0.3, -0.25) is 0 Å². The van der Waals surface area contributed by atoms with E-state index < -0.39 is 0 Å². The van der Waals surface area contributed by atoms with Gasteiger partial charge >= 0.3 is 0 Å². The summed E-state index contributed by atoms with van der Waals surface area (Å²) in [5, 5.41) is 0. The van der Waals surface area contributed by atoms with Gasteiger partial charge in [-0.25, -0.2) is 0 Å². The Morgan fingerprint density at radius 1 is 0.737 bits per heavy atom. The van der Waals surface area contributed by atoms with Crippen molar-refractivity contribution >= 4 is 11.8 Å². The van der Waals surface area contributed by atoms with Gasteiger partial charge in [0, 0.05) is 4.75 Å². The molecule has 0 aliphatic rings. The van der Waals surface area contributed by atoms with Gasteiger partial charge in [0.25, 0.3) is 0 Å². The normalized spacial score (nSPS) is 16.4. The topological polar surface area (TPSA) is 0 Å². The number of thioether (sulfide) groups is 1. The second-order valence-electron chi connectivity index (χ2n) is 7.56. The Balaban J connectivity index is 5.06. The van der Waals surface area contributed by atoms with Crippen molar-refractivity contribution in [2.75, 3.05) is 6.26 Å². The molecule has 0 aromatic heterocycles. The first-order valence-corrected chi connectivity index (χ1v) is 9.48. The van der Waals surface area contributed by atoms with E-state index in [1.54, 1.807) is 0 Å². The molecule has 0 nitrogen and oxygen atoms in total. The lowest BCUT2D eigenvalue weighted by atomic mass is 9.64. The van der Waals surface area contributed by atoms with Crippen LogP contribution in [0.5, 0.6) is 0 Å². The number of hydrogen-bond acceptors (Lipinski definition) is 1. The first-order chi connectivity index (χ1) is 8.70. The molecule has 0 aliphatic carbocycles. The minimum atomic E-state index is 0.404. The molecule has 0 fully saturated rings. The van der Waals surface area contributed by atoms with Crippen molar-refractivity contribution in [1.29, 1.82) is 0 Å². The largest absolute Gasteiger partial charge is 0.158 e. The zero-order chi connectivity index (χ0) is 15.2. The van der Waals surface area contributed by atoms with E-state index in [0.717, 1.165) is 0 Å². The molecule has 0 spiro atoms. The molecule has 0 heterocycles. The summed E-state index contributed by atoms with van der Waals surface area (Å²) >= 11 is 2.08. The molecule has 0 saturated carbocycles. The molecule has 0 bridgehead atoms. The van der Waals surface area contributed by atoms with E-state index in [2.05, 4.69) is 66.5 Å². The highest BCUT2D eigenvalue weighted by Gasteiger charge is 2.43. The van der Waals surface area contributed by atoms with Gasteiger partial charge in [-0.1, -0.05) is 60.8 Å². The van der Waals surface area contributed by atoms with Crippen LogP contribution in [0.1, 0.15) is 93.4 Å². The maximum atomic E-state index is 2.52. The summed E-state index contributed by atoms with van der Waals surface area (Å²) in [6.07, 6.45) is 11.7. The second kappa shape index (κ2) is 7.96. The summed E-state index contributed by atoms with van der Waals surface area (Å²) in [4.78, 5) is 0. The molecular weight excluding hydrogens is 248 g/mol. The summed E-state index contributed by atoms with van der Waals surface area (Å²) in [6, 6.07) is 0. The fraction of sp³-hybridized carbons (Fsp3) is 1.00. The van der Waals surface area contributed by atoms with Crippen LogP contribution in [0.15, 0.2) is 0 Å². The minimum absolute atomic E-state index is 0.404. The fourth-order valence-electron chi connectivity index (χ4n) is 3.96. The van der Waals surface area contributed by atoms with Crippen molar-refractivity contribution in [2.24, 2.45) is 10.8 Å². The van der Waals surface area contributed by atoms with Crippen molar-refractivity contribution < 1.29 is 0 Å². The molecule has 0 amide bonds. The fourth-order valence-corrected chi connectivity index (χ4v) is 4.99. The minimum Gasteiger partial charge on any atom is -0.158 e. The third-order valence-electron chi connectivity index (χ3n) is 5.19. The van der Waals surface area contributed by atoms with Crippen LogP contribution in [0.4, 0.5) is 0 Å². The van der Waals surface area contributed by atoms with Crippen LogP contribution < -0.4 is 0 Å². The third kappa shape index (κ3) is 5.33. The number of hydrogen-bond donors (Lipinski definition) is 0. The molecule has 0 radical (unpaired) electrons. The monoisotopic (exact) mass is 286 g/mol. The first-order valence-electron chi connectivity index (χ1n) is 8.25. The average molecular weight is 287 g/mol. The highest BCUT2D eigenvalue weighted by Crippen LogP contribution is 2.52. The maximum absolute atomic E-state index is 2.52. The molecule has 0 saturated heterocycles. The lowest BCUT2D eigenvalue weighted by Gasteiger charge is -2.48. The van der Waals surface area contributed by atoms with Crippen LogP contribution in [0.25, 0.3) is 0 Å². The van der Waals surface area contributed by atoms with E-state index in [4.69, 9.17) is 0 Å². The van der Waals surface area contributed by atoms with Gasteiger partial charge in [0.2, 0.25) is 0 Å². The SMILES string of the molecule is CCCC(C)(CCC)CC(C)(C)C(C)(CCC)SC. The zero-order valence-corrected chi connectivity index (χ0v) is 15.7. The highest BCUT2D eigenvalue weighted by atomic mass is 32.2. The second-order valence-corrected chi connectivity index (χ2v) is 8.87. The molecular formula is C18H38S. The lowest BCUT2D eigenvalue weighted by molar-refractivity contribution is 0.113. The summed E-state index contributed by atoms with van der Waals surface area (Å²) in [5.41, 5.74) is 0.930. The van der Waals surface area contributed by atoms with Gasteiger partial charge in [0.05, 0.1) is 0 Å². The summed E-state index contributed by atoms with van der Waals surface area (Å²) in [7, 11) is 0. The lowest BCUT2D eigenvalue weighted by Crippen LogP contribution is -2.42. The Morgan fingerprint density at radius 2 is 1.16 bits per heavy atom. The van der Waals surface area contributed by atoms with Gasteiger partial charge in [-0.05, 0) is 49.7 Å². The van der Waals surface area contributed by atoms with Crippen LogP contribution >= 0.6 is 11.8 Å². The summed E-state index contributed by atoms with van der Waals surface area (Å²) in [6.45, 7) is 17.0. The summed E-state index contributed by atoms with van der Waals surface area (Å²) in [5.74, 6) is 0. The van der Waals surface area contributed by atoms with Crippen molar-refractivity contribution in [1.82, 2.24) is 0 Å². The molecule has 0 aliphatic heterocycles. The van der Waals surface area contributed by atoms with E-state index in [0.29, 0.717) is 15.6 Å². The highest BCUT2D eigenvalue weighted by molar-refractivity contribution is 8.00. The molecule has 0 aromatic rings. The molecule has 0 aromatic carbocycles. The van der Waals surface area contributed by atoms with Crippen LogP contribution in [0, 0.1) is 10.8 Å². The van der Waals surface area contributed by atoms with Gasteiger partial charge in [-0.15, -0.1) is 0 Å². The maximum Gasteiger partial charge on any atom is 0.0180 e. The molecule has 0 rings (SSSR count). The van der Waals surface area contributed by atoms with Gasteiger partial charge in [0.1, 0.15) is 0 Å². The van der Waals surface area contributed by atoms with E-state index >= 15 is 0 Å². The quantitative estimate of drug-likeness (QED) is 0.419. The van der Waals surface area contributed by atoms with Gasteiger partial charge in [0.15, 0.2) is 0 Å². The Hall–Kier alpha value is 0.350. The Morgan fingerprint density at radius 3 is 1.47 bits per heavy atom. The van der Waals surface area contributed by atoms with E-state index in [1.165, 1.54) is 44.9 Å². The van der Waals surface area contributed by atoms with Crippen molar-refractivity contribution in [3.05, 3.63) is 0 Å². The Bertz CT molecular complexity index is 238. The van der Waals surface area contributed by atoms with Crippen molar-refractivity contribution in [2.45, 2.75) is 98.2 Å². The van der Waals surface area contributed by atoms with Crippen LogP contribution in [-0.4, -0.2) is 11.0 Å². The smallest absolute Gasteiger partial charge is 0.0180 e. The molecule has 1 unspecified atom stereocenters. The zero-order valence-electron chi connectivity index (χ0n) is 14.9. The van der Waals surface area contributed by atoms with Crippen LogP contribution in [0.3, 0.4) is 0 Å². The first kappa shape index (κ1) is 19.4. The van der Waals surface area contributed by atoms with Crippen LogP contribution in [0.2, 0.25) is 0 Å². The van der Waals surface area contributed by atoms with Gasteiger partial charge in [-0.2, -0.15) is 11.8 Å². The third-order valence-corrected chi connectivity index (χ3v) is 6.84. The van der Waals surface area contributed by atoms with Gasteiger partial charge < -0.3 is 0 Å². The summed E-state index contributed by atoms with van der Waals surface area (Å²) < 4.78 is 0.407.